The van der Waals surface area contributed by atoms with Gasteiger partial charge in [-0.15, -0.1) is 23.7 Å². The minimum absolute atomic E-state index is 0. The Bertz CT molecular complexity index is 936. The number of rotatable bonds is 5. The highest BCUT2D eigenvalue weighted by atomic mass is 79.9. The maximum atomic E-state index is 12.2. The van der Waals surface area contributed by atoms with Crippen LogP contribution < -0.4 is 10.1 Å². The molecule has 7 nitrogen and oxygen atoms in total. The van der Waals surface area contributed by atoms with Crippen molar-refractivity contribution < 1.29 is 14.5 Å². The van der Waals surface area contributed by atoms with Crippen molar-refractivity contribution in [3.8, 4) is 11.5 Å². The number of carbonyl (C=O) groups is 1. The van der Waals surface area contributed by atoms with Crippen LogP contribution >= 0.6 is 39.7 Å². The van der Waals surface area contributed by atoms with Gasteiger partial charge in [-0.05, 0) is 34.1 Å². The van der Waals surface area contributed by atoms with E-state index in [2.05, 4.69) is 26.2 Å². The van der Waals surface area contributed by atoms with Gasteiger partial charge < -0.3 is 10.1 Å². The molecular weight excluding hydrogens is 446 g/mol. The Hall–Kier alpha value is -2.49. The van der Waals surface area contributed by atoms with Gasteiger partial charge in [-0.3, -0.25) is 19.9 Å². The van der Waals surface area contributed by atoms with Crippen molar-refractivity contribution in [1.29, 1.82) is 0 Å². The van der Waals surface area contributed by atoms with Crippen LogP contribution in [0.2, 0.25) is 0 Å². The molecule has 1 N–H and O–H groups in total. The largest absolute Gasteiger partial charge is 0.455 e. The molecule has 0 unspecified atom stereocenters. The van der Waals surface area contributed by atoms with Crippen LogP contribution in [0.5, 0.6) is 11.5 Å². The third-order valence-electron chi connectivity index (χ3n) is 3.02. The second kappa shape index (κ2) is 8.75. The number of benzene rings is 1. The highest BCUT2D eigenvalue weighted by Crippen LogP contribution is 2.30. The maximum absolute atomic E-state index is 12.2. The lowest BCUT2D eigenvalue weighted by Gasteiger charge is -2.08. The van der Waals surface area contributed by atoms with Gasteiger partial charge in [0.05, 0.1) is 27.8 Å². The second-order valence-electron chi connectivity index (χ2n) is 4.85. The fourth-order valence-electron chi connectivity index (χ4n) is 1.99. The molecule has 10 heteroatoms. The Labute approximate surface area is 166 Å². The fourth-order valence-corrected chi connectivity index (χ4v) is 3.31. The van der Waals surface area contributed by atoms with Crippen molar-refractivity contribution in [2.24, 2.45) is 0 Å². The van der Waals surface area contributed by atoms with Gasteiger partial charge in [0.2, 0.25) is 0 Å². The summed E-state index contributed by atoms with van der Waals surface area (Å²) in [6, 6.07) is 9.10. The quantitative estimate of drug-likeness (QED) is 0.416. The normalized spacial score (nSPS) is 9.88. The zero-order valence-corrected chi connectivity index (χ0v) is 16.1. The first-order valence-electron chi connectivity index (χ1n) is 6.94. The first-order chi connectivity index (χ1) is 12.0. The van der Waals surface area contributed by atoms with Crippen molar-refractivity contribution >= 4 is 57.0 Å². The van der Waals surface area contributed by atoms with E-state index in [-0.39, 0.29) is 35.4 Å². The first kappa shape index (κ1) is 19.8. The van der Waals surface area contributed by atoms with Crippen molar-refractivity contribution in [2.75, 3.05) is 5.32 Å². The predicted octanol–water partition coefficient (Wildman–Crippen LogP) is 5.28. The van der Waals surface area contributed by atoms with Gasteiger partial charge in [0.1, 0.15) is 11.5 Å². The number of hydrogen-bond donors (Lipinski definition) is 1. The van der Waals surface area contributed by atoms with Crippen molar-refractivity contribution in [3.05, 3.63) is 73.6 Å². The Balaban J connectivity index is 0.00000243. The number of hydrogen-bond acceptors (Lipinski definition) is 6. The zero-order valence-electron chi connectivity index (χ0n) is 12.9. The summed E-state index contributed by atoms with van der Waals surface area (Å²) in [4.78, 5) is 27.2. The van der Waals surface area contributed by atoms with Gasteiger partial charge in [0, 0.05) is 28.2 Å². The van der Waals surface area contributed by atoms with Crippen LogP contribution in [-0.2, 0) is 0 Å². The molecule has 0 saturated carbocycles. The summed E-state index contributed by atoms with van der Waals surface area (Å²) in [5.41, 5.74) is 0.0756. The lowest BCUT2D eigenvalue weighted by Crippen LogP contribution is -2.10. The number of nitrogens with one attached hydrogen (secondary N) is 1. The van der Waals surface area contributed by atoms with Gasteiger partial charge in [0.25, 0.3) is 11.6 Å². The van der Waals surface area contributed by atoms with E-state index in [1.807, 2.05) is 0 Å². The number of pyridine rings is 1. The van der Waals surface area contributed by atoms with Crippen LogP contribution in [0, 0.1) is 10.1 Å². The molecule has 1 amide bonds. The van der Waals surface area contributed by atoms with Gasteiger partial charge in [-0.1, -0.05) is 0 Å². The SMILES string of the molecule is Cl.O=C(Nc1cc(Oc2cccnc2)cc([N+](=O)[O-])c1)c1cc(Br)cs1. The van der Waals surface area contributed by atoms with E-state index >= 15 is 0 Å². The summed E-state index contributed by atoms with van der Waals surface area (Å²) < 4.78 is 6.37. The van der Waals surface area contributed by atoms with E-state index in [0.29, 0.717) is 10.6 Å². The lowest BCUT2D eigenvalue weighted by molar-refractivity contribution is -0.384. The standard InChI is InChI=1S/C16H10BrN3O4S.ClH/c17-10-4-15(25-9-10)16(21)19-11-5-12(20(22)23)7-14(6-11)24-13-2-1-3-18-8-13;/h1-9H,(H,19,21);1H. The Morgan fingerprint density at radius 3 is 2.69 bits per heavy atom. The van der Waals surface area contributed by atoms with Gasteiger partial charge in [-0.2, -0.15) is 0 Å². The number of carbonyl (C=O) groups excluding carboxylic acids is 1. The lowest BCUT2D eigenvalue weighted by atomic mass is 10.2. The molecule has 0 saturated heterocycles. The number of nitro groups is 1. The van der Waals surface area contributed by atoms with Crippen molar-refractivity contribution in [1.82, 2.24) is 4.98 Å². The van der Waals surface area contributed by atoms with Crippen molar-refractivity contribution in [3.63, 3.8) is 0 Å². The predicted molar refractivity (Wildman–Crippen MR) is 105 cm³/mol. The molecule has 0 spiro atoms. The molecule has 26 heavy (non-hydrogen) atoms. The van der Waals surface area contributed by atoms with Crippen molar-refractivity contribution in [2.45, 2.75) is 0 Å². The van der Waals surface area contributed by atoms with Gasteiger partial charge in [-0.25, -0.2) is 0 Å². The minimum Gasteiger partial charge on any atom is -0.455 e. The number of nitrogens with zero attached hydrogens (tertiary/aromatic N) is 2. The van der Waals surface area contributed by atoms with Crippen LogP contribution in [0.25, 0.3) is 0 Å². The molecule has 134 valence electrons. The summed E-state index contributed by atoms with van der Waals surface area (Å²) in [6.07, 6.45) is 3.07. The number of nitro benzene ring substituents is 1. The molecule has 3 rings (SSSR count). The monoisotopic (exact) mass is 455 g/mol. The third-order valence-corrected chi connectivity index (χ3v) is 4.71. The molecule has 0 aliphatic carbocycles. The van der Waals surface area contributed by atoms with Crippen LogP contribution in [0.3, 0.4) is 0 Å². The summed E-state index contributed by atoms with van der Waals surface area (Å²) in [5.74, 6) is 0.302. The molecular formula is C16H11BrClN3O4S. The number of ether oxygens (including phenoxy) is 1. The number of aromatic nitrogens is 1. The van der Waals surface area contributed by atoms with E-state index in [1.54, 1.807) is 29.8 Å². The Morgan fingerprint density at radius 1 is 1.27 bits per heavy atom. The van der Waals surface area contributed by atoms with E-state index in [9.17, 15) is 14.9 Å². The minimum atomic E-state index is -0.548. The molecule has 0 aliphatic heterocycles. The maximum Gasteiger partial charge on any atom is 0.275 e. The van der Waals surface area contributed by atoms with Gasteiger partial charge >= 0.3 is 0 Å². The first-order valence-corrected chi connectivity index (χ1v) is 8.61. The van der Waals surface area contributed by atoms with E-state index in [0.717, 1.165) is 4.47 Å². The molecule has 0 atom stereocenters. The number of halogens is 2. The number of thiophene rings is 1. The average Bonchev–Trinajstić information content (AvgIpc) is 3.02. The second-order valence-corrected chi connectivity index (χ2v) is 6.67. The summed E-state index contributed by atoms with van der Waals surface area (Å²) in [7, 11) is 0. The number of non-ortho nitro benzene ring substituents is 1. The van der Waals surface area contributed by atoms with E-state index < -0.39 is 4.92 Å². The highest BCUT2D eigenvalue weighted by Gasteiger charge is 2.15. The summed E-state index contributed by atoms with van der Waals surface area (Å²) >= 11 is 4.54. The highest BCUT2D eigenvalue weighted by molar-refractivity contribution is 9.10. The molecule has 1 aromatic carbocycles. The van der Waals surface area contributed by atoms with Gasteiger partial charge in [0.15, 0.2) is 0 Å². The zero-order chi connectivity index (χ0) is 17.8. The average molecular weight is 457 g/mol. The van der Waals surface area contributed by atoms with Crippen LogP contribution in [0.4, 0.5) is 11.4 Å². The fraction of sp³-hybridized carbons (Fsp3) is 0. The summed E-state index contributed by atoms with van der Waals surface area (Å²) in [6.45, 7) is 0. The topological polar surface area (TPSA) is 94.4 Å². The Morgan fingerprint density at radius 2 is 2.08 bits per heavy atom. The van der Waals surface area contributed by atoms with Crippen LogP contribution in [-0.4, -0.2) is 15.8 Å². The molecule has 0 bridgehead atoms. The molecule has 0 radical (unpaired) electrons. The molecule has 0 fully saturated rings. The number of anilines is 1. The van der Waals surface area contributed by atoms with Crippen LogP contribution in [0.15, 0.2) is 58.6 Å². The van der Waals surface area contributed by atoms with E-state index in [4.69, 9.17) is 4.74 Å². The molecule has 3 aromatic rings. The molecule has 2 heterocycles. The smallest absolute Gasteiger partial charge is 0.275 e. The molecule has 0 aliphatic rings. The number of amides is 1. The molecule has 2 aromatic heterocycles. The van der Waals surface area contributed by atoms with Crippen LogP contribution in [0.1, 0.15) is 9.67 Å². The summed E-state index contributed by atoms with van der Waals surface area (Å²) in [5, 5.41) is 15.6. The Kier molecular flexibility index (Phi) is 6.67. The third kappa shape index (κ3) is 5.01. The van der Waals surface area contributed by atoms with E-state index in [1.165, 1.54) is 35.7 Å².